The summed E-state index contributed by atoms with van der Waals surface area (Å²) in [7, 11) is 0. The lowest BCUT2D eigenvalue weighted by atomic mass is 10.0. The smallest absolute Gasteiger partial charge is 0.220 e. The Balaban J connectivity index is 1.51. The highest BCUT2D eigenvalue weighted by Crippen LogP contribution is 2.22. The van der Waals surface area contributed by atoms with Gasteiger partial charge in [-0.25, -0.2) is 4.98 Å². The van der Waals surface area contributed by atoms with Crippen LogP contribution < -0.4 is 5.32 Å². The fourth-order valence-electron chi connectivity index (χ4n) is 2.65. The van der Waals surface area contributed by atoms with Crippen molar-refractivity contribution in [3.8, 4) is 11.1 Å². The van der Waals surface area contributed by atoms with Gasteiger partial charge in [-0.15, -0.1) is 0 Å². The molecule has 0 amide bonds. The van der Waals surface area contributed by atoms with Crippen LogP contribution in [0.5, 0.6) is 0 Å². The molecule has 126 valence electrons. The van der Waals surface area contributed by atoms with E-state index in [0.717, 1.165) is 35.5 Å². The number of thiocarbonyl (C=S) groups is 1. The van der Waals surface area contributed by atoms with E-state index in [1.54, 1.807) is 12.1 Å². The van der Waals surface area contributed by atoms with E-state index in [0.29, 0.717) is 5.56 Å². The molecule has 0 fully saturated rings. The molecule has 0 saturated carbocycles. The third-order valence-corrected chi connectivity index (χ3v) is 4.26. The molecule has 0 radical (unpaired) electrons. The number of nitrogens with one attached hydrogen (secondary N) is 1. The predicted octanol–water partition coefficient (Wildman–Crippen LogP) is 5.65. The van der Waals surface area contributed by atoms with Gasteiger partial charge in [0.25, 0.3) is 0 Å². The summed E-state index contributed by atoms with van der Waals surface area (Å²) in [5.74, 6) is -0.437. The molecule has 0 aliphatic heterocycles. The van der Waals surface area contributed by atoms with Crippen LogP contribution in [-0.2, 0) is 6.42 Å². The van der Waals surface area contributed by atoms with Gasteiger partial charge in [0.2, 0.25) is 5.95 Å². The minimum atomic E-state index is -0.437. The molecule has 1 aromatic heterocycles. The van der Waals surface area contributed by atoms with Crippen LogP contribution in [0.25, 0.3) is 11.1 Å². The SMILES string of the molecule is Fc1ncccc1-c1ccc(CCCC(=S)Nc2ccccc2)cc1. The number of benzene rings is 2. The predicted molar refractivity (Wildman–Crippen MR) is 105 cm³/mol. The van der Waals surface area contributed by atoms with Crippen LogP contribution >= 0.6 is 12.2 Å². The summed E-state index contributed by atoms with van der Waals surface area (Å²) in [6, 6.07) is 21.4. The number of pyridine rings is 1. The van der Waals surface area contributed by atoms with E-state index in [-0.39, 0.29) is 0 Å². The topological polar surface area (TPSA) is 24.9 Å². The van der Waals surface area contributed by atoms with E-state index in [1.807, 2.05) is 54.6 Å². The largest absolute Gasteiger partial charge is 0.350 e. The summed E-state index contributed by atoms with van der Waals surface area (Å²) in [6.07, 6.45) is 4.20. The van der Waals surface area contributed by atoms with E-state index in [4.69, 9.17) is 12.2 Å². The molecule has 1 heterocycles. The van der Waals surface area contributed by atoms with Gasteiger partial charge in [0.1, 0.15) is 0 Å². The second kappa shape index (κ2) is 8.49. The Bertz CT molecular complexity index is 832. The van der Waals surface area contributed by atoms with Crippen molar-refractivity contribution < 1.29 is 4.39 Å². The third-order valence-electron chi connectivity index (χ3n) is 3.95. The Morgan fingerprint density at radius 2 is 1.72 bits per heavy atom. The van der Waals surface area contributed by atoms with Gasteiger partial charge in [0, 0.05) is 17.4 Å². The zero-order valence-electron chi connectivity index (χ0n) is 13.8. The molecule has 1 N–H and O–H groups in total. The Labute approximate surface area is 152 Å². The zero-order chi connectivity index (χ0) is 17.5. The van der Waals surface area contributed by atoms with E-state index >= 15 is 0 Å². The number of halogens is 1. The molecule has 2 nitrogen and oxygen atoms in total. The van der Waals surface area contributed by atoms with Crippen molar-refractivity contribution in [2.45, 2.75) is 19.3 Å². The van der Waals surface area contributed by atoms with Crippen LogP contribution in [0, 0.1) is 5.95 Å². The van der Waals surface area contributed by atoms with Crippen molar-refractivity contribution in [2.75, 3.05) is 5.32 Å². The monoisotopic (exact) mass is 350 g/mol. The normalized spacial score (nSPS) is 10.4. The first-order valence-corrected chi connectivity index (χ1v) is 8.68. The maximum absolute atomic E-state index is 13.7. The number of rotatable bonds is 6. The minimum Gasteiger partial charge on any atom is -0.350 e. The van der Waals surface area contributed by atoms with Gasteiger partial charge in [-0.1, -0.05) is 54.7 Å². The van der Waals surface area contributed by atoms with Gasteiger partial charge < -0.3 is 5.32 Å². The average molecular weight is 350 g/mol. The van der Waals surface area contributed by atoms with Crippen molar-refractivity contribution in [3.63, 3.8) is 0 Å². The average Bonchev–Trinajstić information content (AvgIpc) is 2.64. The molecule has 0 spiro atoms. The summed E-state index contributed by atoms with van der Waals surface area (Å²) in [5, 5.41) is 3.25. The van der Waals surface area contributed by atoms with E-state index in [2.05, 4.69) is 10.3 Å². The van der Waals surface area contributed by atoms with Gasteiger partial charge in [-0.3, -0.25) is 0 Å². The second-order valence-electron chi connectivity index (χ2n) is 5.81. The fourth-order valence-corrected chi connectivity index (χ4v) is 2.91. The summed E-state index contributed by atoms with van der Waals surface area (Å²) in [6.45, 7) is 0. The molecule has 2 aromatic carbocycles. The Kier molecular flexibility index (Phi) is 5.86. The zero-order valence-corrected chi connectivity index (χ0v) is 14.6. The third kappa shape index (κ3) is 4.94. The highest BCUT2D eigenvalue weighted by Gasteiger charge is 2.05. The van der Waals surface area contributed by atoms with Crippen molar-refractivity contribution in [1.82, 2.24) is 4.98 Å². The molecule has 0 unspecified atom stereocenters. The van der Waals surface area contributed by atoms with E-state index < -0.39 is 5.95 Å². The molecule has 0 aliphatic rings. The molecular weight excluding hydrogens is 331 g/mol. The first-order chi connectivity index (χ1) is 12.2. The number of hydrogen-bond donors (Lipinski definition) is 1. The van der Waals surface area contributed by atoms with Crippen LogP contribution in [0.1, 0.15) is 18.4 Å². The Morgan fingerprint density at radius 3 is 2.44 bits per heavy atom. The molecule has 3 rings (SSSR count). The highest BCUT2D eigenvalue weighted by atomic mass is 32.1. The van der Waals surface area contributed by atoms with Gasteiger partial charge in [-0.2, -0.15) is 4.39 Å². The van der Waals surface area contributed by atoms with Crippen LogP contribution in [0.2, 0.25) is 0 Å². The van der Waals surface area contributed by atoms with Gasteiger partial charge in [-0.05, 0) is 54.7 Å². The minimum absolute atomic E-state index is 0.437. The second-order valence-corrected chi connectivity index (χ2v) is 6.30. The summed E-state index contributed by atoms with van der Waals surface area (Å²) in [4.78, 5) is 4.54. The maximum Gasteiger partial charge on any atom is 0.220 e. The first kappa shape index (κ1) is 17.2. The van der Waals surface area contributed by atoms with Crippen LogP contribution in [-0.4, -0.2) is 9.97 Å². The fraction of sp³-hybridized carbons (Fsp3) is 0.143. The lowest BCUT2D eigenvalue weighted by Gasteiger charge is -2.08. The number of aryl methyl sites for hydroxylation is 1. The summed E-state index contributed by atoms with van der Waals surface area (Å²) in [5.41, 5.74) is 3.61. The van der Waals surface area contributed by atoms with Crippen molar-refractivity contribution in [3.05, 3.63) is 84.4 Å². The summed E-state index contributed by atoms with van der Waals surface area (Å²) >= 11 is 5.39. The quantitative estimate of drug-likeness (QED) is 0.459. The Morgan fingerprint density at radius 1 is 0.960 bits per heavy atom. The summed E-state index contributed by atoms with van der Waals surface area (Å²) < 4.78 is 13.7. The lowest BCUT2D eigenvalue weighted by molar-refractivity contribution is 0.587. The number of anilines is 1. The molecule has 0 aliphatic carbocycles. The molecule has 0 bridgehead atoms. The number of aromatic nitrogens is 1. The van der Waals surface area contributed by atoms with Gasteiger partial charge in [0.05, 0.1) is 4.99 Å². The Hall–Kier alpha value is -2.59. The van der Waals surface area contributed by atoms with Gasteiger partial charge >= 0.3 is 0 Å². The van der Waals surface area contributed by atoms with Crippen LogP contribution in [0.3, 0.4) is 0 Å². The molecular formula is C21H19FN2S. The molecule has 25 heavy (non-hydrogen) atoms. The van der Waals surface area contributed by atoms with E-state index in [1.165, 1.54) is 11.8 Å². The highest BCUT2D eigenvalue weighted by molar-refractivity contribution is 7.80. The van der Waals surface area contributed by atoms with Crippen LogP contribution in [0.15, 0.2) is 72.9 Å². The van der Waals surface area contributed by atoms with Crippen molar-refractivity contribution in [2.24, 2.45) is 0 Å². The van der Waals surface area contributed by atoms with Crippen molar-refractivity contribution in [1.29, 1.82) is 0 Å². The molecule has 0 saturated heterocycles. The standard InChI is InChI=1S/C21H19FN2S/c22-21-19(9-5-15-23-21)17-13-11-16(12-14-17)6-4-10-20(25)24-18-7-2-1-3-8-18/h1-3,5,7-9,11-15H,4,6,10H2,(H,24,25). The first-order valence-electron chi connectivity index (χ1n) is 8.27. The number of nitrogens with zero attached hydrogens (tertiary/aromatic N) is 1. The lowest BCUT2D eigenvalue weighted by Crippen LogP contribution is -2.08. The van der Waals surface area contributed by atoms with Crippen molar-refractivity contribution >= 4 is 22.9 Å². The number of hydrogen-bond acceptors (Lipinski definition) is 2. The molecule has 3 aromatic rings. The van der Waals surface area contributed by atoms with Crippen LogP contribution in [0.4, 0.5) is 10.1 Å². The molecule has 4 heteroatoms. The van der Waals surface area contributed by atoms with Gasteiger partial charge in [0.15, 0.2) is 0 Å². The van der Waals surface area contributed by atoms with E-state index in [9.17, 15) is 4.39 Å². The maximum atomic E-state index is 13.7. The molecule has 0 atom stereocenters. The number of para-hydroxylation sites is 1.